The molecule has 0 spiro atoms. The highest BCUT2D eigenvalue weighted by Gasteiger charge is 2.27. The van der Waals surface area contributed by atoms with Crippen molar-refractivity contribution in [2.75, 3.05) is 24.7 Å². The lowest BCUT2D eigenvalue weighted by molar-refractivity contribution is -0.0103. The first-order chi connectivity index (χ1) is 9.02. The van der Waals surface area contributed by atoms with Gasteiger partial charge in [0.05, 0.1) is 19.3 Å². The molecule has 3 unspecified atom stereocenters. The molecule has 1 heterocycles. The number of aliphatic hydroxyl groups excluding tert-OH is 1. The number of benzene rings is 1. The number of nitrogens with zero attached hydrogens (tertiary/aromatic N) is 1. The molecule has 0 aromatic heterocycles. The number of halogens is 1. The van der Waals surface area contributed by atoms with Gasteiger partial charge in [-0.2, -0.15) is 0 Å². The summed E-state index contributed by atoms with van der Waals surface area (Å²) >= 11 is 3.52. The summed E-state index contributed by atoms with van der Waals surface area (Å²) < 4.78 is 6.62. The van der Waals surface area contributed by atoms with Crippen LogP contribution in [0.3, 0.4) is 0 Å². The van der Waals surface area contributed by atoms with Crippen molar-refractivity contribution in [3.63, 3.8) is 0 Å². The molecule has 0 amide bonds. The number of hydrogen-bond donors (Lipinski definition) is 2. The van der Waals surface area contributed by atoms with Gasteiger partial charge in [-0.15, -0.1) is 0 Å². The highest BCUT2D eigenvalue weighted by molar-refractivity contribution is 9.10. The molecule has 1 aliphatic rings. The maximum atomic E-state index is 9.29. The number of aliphatic hydroxyl groups is 1. The van der Waals surface area contributed by atoms with Crippen LogP contribution in [0.1, 0.15) is 25.5 Å². The molecule has 19 heavy (non-hydrogen) atoms. The Kier molecular flexibility index (Phi) is 4.84. The second kappa shape index (κ2) is 6.22. The van der Waals surface area contributed by atoms with E-state index in [1.807, 2.05) is 13.0 Å². The van der Waals surface area contributed by atoms with Gasteiger partial charge in [0.2, 0.25) is 0 Å². The van der Waals surface area contributed by atoms with Crippen LogP contribution in [0, 0.1) is 0 Å². The van der Waals surface area contributed by atoms with E-state index in [0.29, 0.717) is 13.2 Å². The van der Waals surface area contributed by atoms with Gasteiger partial charge in [0.25, 0.3) is 0 Å². The molecule has 1 saturated heterocycles. The average molecular weight is 329 g/mol. The predicted molar refractivity (Wildman–Crippen MR) is 80.4 cm³/mol. The van der Waals surface area contributed by atoms with Crippen LogP contribution in [0.25, 0.3) is 0 Å². The normalized spacial score (nSPS) is 25.4. The first kappa shape index (κ1) is 14.8. The third-order valence-corrected chi connectivity index (χ3v) is 3.99. The minimum atomic E-state index is -0.129. The Hall–Kier alpha value is -0.620. The molecular weight excluding hydrogens is 308 g/mol. The van der Waals surface area contributed by atoms with Crippen molar-refractivity contribution >= 4 is 21.6 Å². The van der Waals surface area contributed by atoms with E-state index in [-0.39, 0.29) is 24.8 Å². The van der Waals surface area contributed by atoms with Crippen LogP contribution in [0.15, 0.2) is 22.7 Å². The average Bonchev–Trinajstić information content (AvgIpc) is 2.38. The highest BCUT2D eigenvalue weighted by atomic mass is 79.9. The predicted octanol–water partition coefficient (Wildman–Crippen LogP) is 2.05. The minimum absolute atomic E-state index is 0.0225. The van der Waals surface area contributed by atoms with Crippen LogP contribution < -0.4 is 10.6 Å². The summed E-state index contributed by atoms with van der Waals surface area (Å²) in [6.45, 7) is 5.47. The molecule has 4 nitrogen and oxygen atoms in total. The van der Waals surface area contributed by atoms with Crippen LogP contribution >= 0.6 is 15.9 Å². The maximum Gasteiger partial charge on any atom is 0.0981 e. The Morgan fingerprint density at radius 1 is 1.58 bits per heavy atom. The molecule has 0 saturated carbocycles. The number of morpholine rings is 1. The Labute approximate surface area is 122 Å². The molecule has 2 rings (SSSR count). The van der Waals surface area contributed by atoms with Gasteiger partial charge in [-0.25, -0.2) is 0 Å². The quantitative estimate of drug-likeness (QED) is 0.891. The fourth-order valence-corrected chi connectivity index (χ4v) is 2.76. The molecule has 1 aromatic rings. The molecule has 1 aromatic carbocycles. The Morgan fingerprint density at radius 3 is 2.95 bits per heavy atom. The SMILES string of the molecule is CC(N)c1ccc(Br)cc1N1CC(CO)OCC1C. The lowest BCUT2D eigenvalue weighted by Crippen LogP contribution is -2.50. The Morgan fingerprint density at radius 2 is 2.32 bits per heavy atom. The van der Waals surface area contributed by atoms with Gasteiger partial charge in [-0.1, -0.05) is 22.0 Å². The smallest absolute Gasteiger partial charge is 0.0981 e. The standard InChI is InChI=1S/C14H21BrN2O2/c1-9-8-19-12(7-18)6-17(9)14-5-11(15)3-4-13(14)10(2)16/h3-5,9-10,12,18H,6-8,16H2,1-2H3. The van der Waals surface area contributed by atoms with E-state index in [1.54, 1.807) is 0 Å². The lowest BCUT2D eigenvalue weighted by Gasteiger charge is -2.40. The summed E-state index contributed by atoms with van der Waals surface area (Å²) in [6, 6.07) is 6.41. The minimum Gasteiger partial charge on any atom is -0.394 e. The topological polar surface area (TPSA) is 58.7 Å². The zero-order chi connectivity index (χ0) is 14.0. The van der Waals surface area contributed by atoms with Gasteiger partial charge >= 0.3 is 0 Å². The first-order valence-corrected chi connectivity index (χ1v) is 7.36. The van der Waals surface area contributed by atoms with Gasteiger partial charge in [0.1, 0.15) is 0 Å². The van der Waals surface area contributed by atoms with Crippen molar-refractivity contribution in [1.29, 1.82) is 0 Å². The van der Waals surface area contributed by atoms with E-state index in [2.05, 4.69) is 39.9 Å². The zero-order valence-corrected chi connectivity index (χ0v) is 12.9. The summed E-state index contributed by atoms with van der Waals surface area (Å²) in [5.41, 5.74) is 8.30. The number of anilines is 1. The fraction of sp³-hybridized carbons (Fsp3) is 0.571. The van der Waals surface area contributed by atoms with Crippen LogP contribution in [0.4, 0.5) is 5.69 Å². The van der Waals surface area contributed by atoms with Gasteiger partial charge in [-0.05, 0) is 31.5 Å². The van der Waals surface area contributed by atoms with E-state index in [9.17, 15) is 5.11 Å². The molecule has 5 heteroatoms. The van der Waals surface area contributed by atoms with Crippen molar-refractivity contribution in [2.45, 2.75) is 32.0 Å². The Balaban J connectivity index is 2.35. The molecule has 0 aliphatic carbocycles. The first-order valence-electron chi connectivity index (χ1n) is 6.57. The summed E-state index contributed by atoms with van der Waals surface area (Å²) in [4.78, 5) is 2.27. The summed E-state index contributed by atoms with van der Waals surface area (Å²) in [7, 11) is 0. The Bertz CT molecular complexity index is 439. The van der Waals surface area contributed by atoms with E-state index in [4.69, 9.17) is 10.5 Å². The van der Waals surface area contributed by atoms with Crippen LogP contribution in [0.5, 0.6) is 0 Å². The van der Waals surface area contributed by atoms with Gasteiger partial charge in [-0.3, -0.25) is 0 Å². The molecule has 0 bridgehead atoms. The van der Waals surface area contributed by atoms with E-state index in [1.165, 1.54) is 0 Å². The van der Waals surface area contributed by atoms with Crippen LogP contribution in [-0.2, 0) is 4.74 Å². The van der Waals surface area contributed by atoms with E-state index < -0.39 is 0 Å². The van der Waals surface area contributed by atoms with Crippen molar-refractivity contribution < 1.29 is 9.84 Å². The molecule has 1 fully saturated rings. The van der Waals surface area contributed by atoms with Crippen molar-refractivity contribution in [1.82, 2.24) is 0 Å². The van der Waals surface area contributed by atoms with Crippen molar-refractivity contribution in [3.8, 4) is 0 Å². The van der Waals surface area contributed by atoms with Crippen LogP contribution in [0.2, 0.25) is 0 Å². The monoisotopic (exact) mass is 328 g/mol. The van der Waals surface area contributed by atoms with E-state index >= 15 is 0 Å². The number of ether oxygens (including phenoxy) is 1. The molecule has 1 aliphatic heterocycles. The maximum absolute atomic E-state index is 9.29. The van der Waals surface area contributed by atoms with Gasteiger partial charge in [0.15, 0.2) is 0 Å². The third kappa shape index (κ3) is 3.28. The zero-order valence-electron chi connectivity index (χ0n) is 11.3. The summed E-state index contributed by atoms with van der Waals surface area (Å²) in [5.74, 6) is 0. The molecule has 106 valence electrons. The van der Waals surface area contributed by atoms with Crippen molar-refractivity contribution in [3.05, 3.63) is 28.2 Å². The van der Waals surface area contributed by atoms with Gasteiger partial charge < -0.3 is 20.5 Å². The van der Waals surface area contributed by atoms with Crippen LogP contribution in [-0.4, -0.2) is 37.0 Å². The second-order valence-electron chi connectivity index (χ2n) is 5.13. The molecule has 3 N–H and O–H groups in total. The van der Waals surface area contributed by atoms with E-state index in [0.717, 1.165) is 15.7 Å². The fourth-order valence-electron chi connectivity index (χ4n) is 2.41. The largest absolute Gasteiger partial charge is 0.394 e. The van der Waals surface area contributed by atoms with Gasteiger partial charge in [0, 0.05) is 28.8 Å². The number of hydrogen-bond acceptors (Lipinski definition) is 4. The second-order valence-corrected chi connectivity index (χ2v) is 6.05. The highest BCUT2D eigenvalue weighted by Crippen LogP contribution is 2.31. The lowest BCUT2D eigenvalue weighted by atomic mass is 10.0. The summed E-state index contributed by atoms with van der Waals surface area (Å²) in [6.07, 6.45) is -0.129. The van der Waals surface area contributed by atoms with Crippen molar-refractivity contribution in [2.24, 2.45) is 5.73 Å². The number of nitrogens with two attached hydrogens (primary N) is 1. The molecular formula is C14H21BrN2O2. The molecule has 0 radical (unpaired) electrons. The third-order valence-electron chi connectivity index (χ3n) is 3.50. The molecule has 3 atom stereocenters. The summed E-state index contributed by atoms with van der Waals surface area (Å²) in [5, 5.41) is 9.29. The number of rotatable bonds is 3.